The van der Waals surface area contributed by atoms with E-state index in [4.69, 9.17) is 9.15 Å². The van der Waals surface area contributed by atoms with Gasteiger partial charge in [0, 0.05) is 57.3 Å². The number of hydrogen-bond donors (Lipinski definition) is 2. The Bertz CT molecular complexity index is 1270. The monoisotopic (exact) mass is 567 g/mol. The second kappa shape index (κ2) is 14.0. The van der Waals surface area contributed by atoms with Crippen LogP contribution in [0.3, 0.4) is 0 Å². The van der Waals surface area contributed by atoms with Gasteiger partial charge in [0.2, 0.25) is 0 Å². The van der Waals surface area contributed by atoms with E-state index in [1.54, 1.807) is 23.9 Å². The molecule has 0 bridgehead atoms. The first-order chi connectivity index (χ1) is 19.3. The zero-order chi connectivity index (χ0) is 28.6. The summed E-state index contributed by atoms with van der Waals surface area (Å²) < 4.78 is 10.7. The van der Waals surface area contributed by atoms with Crippen LogP contribution in [0.15, 0.2) is 46.0 Å². The largest absolute Gasteiger partial charge is 0.465 e. The van der Waals surface area contributed by atoms with Crippen molar-refractivity contribution in [3.8, 4) is 0 Å². The van der Waals surface area contributed by atoms with Crippen LogP contribution in [-0.4, -0.2) is 85.5 Å². The Morgan fingerprint density at radius 3 is 2.23 bits per heavy atom. The molecule has 2 N–H and O–H groups in total. The number of anilines is 1. The highest BCUT2D eigenvalue weighted by molar-refractivity contribution is 7.99. The van der Waals surface area contributed by atoms with Crippen LogP contribution in [0.5, 0.6) is 0 Å². The van der Waals surface area contributed by atoms with Gasteiger partial charge < -0.3 is 19.8 Å². The molecule has 1 aliphatic rings. The van der Waals surface area contributed by atoms with Gasteiger partial charge in [0.15, 0.2) is 5.58 Å². The summed E-state index contributed by atoms with van der Waals surface area (Å²) in [5, 5.41) is 6.73. The molecule has 4 rings (SSSR count). The number of rotatable bonds is 11. The number of urea groups is 1. The molecule has 1 saturated heterocycles. The summed E-state index contributed by atoms with van der Waals surface area (Å²) in [5.41, 5.74) is 4.79. The highest BCUT2D eigenvalue weighted by atomic mass is 32.2. The number of esters is 1. The van der Waals surface area contributed by atoms with Crippen molar-refractivity contribution < 1.29 is 18.7 Å². The first-order valence-corrected chi connectivity index (χ1v) is 15.0. The number of nitrogens with zero attached hydrogens (tertiary/aromatic N) is 3. The SMILES string of the molecule is COC(=O)c1cccc2nc(SCCN3CCN(CCNC(=O)Nc4c(C(C)C)cccc4C(C)C)CC3)oc12. The fraction of sp³-hybridized carbons (Fsp3) is 0.500. The second-order valence-electron chi connectivity index (χ2n) is 10.7. The number of methoxy groups -OCH3 is 1. The molecule has 0 unspecified atom stereocenters. The van der Waals surface area contributed by atoms with Crippen LogP contribution in [0.2, 0.25) is 0 Å². The molecule has 0 saturated carbocycles. The average molecular weight is 568 g/mol. The standard InChI is InChI=1S/C30H41N5O4S/c1-20(2)22-8-6-9-23(21(3)4)26(22)33-29(37)31-12-13-34-14-16-35(17-15-34)18-19-40-30-32-25-11-7-10-24(27(25)39-30)28(36)38-5/h6-11,20-21H,12-19H2,1-5H3,(H2,31,33,37). The van der Waals surface area contributed by atoms with E-state index in [0.717, 1.165) is 61.8 Å². The first kappa shape index (κ1) is 29.9. The van der Waals surface area contributed by atoms with Crippen molar-refractivity contribution in [2.45, 2.75) is 44.8 Å². The summed E-state index contributed by atoms with van der Waals surface area (Å²) in [5.74, 6) is 1.08. The van der Waals surface area contributed by atoms with Gasteiger partial charge in [0.05, 0.1) is 7.11 Å². The molecule has 0 spiro atoms. The predicted octanol–water partition coefficient (Wildman–Crippen LogP) is 5.39. The molecule has 216 valence electrons. The molecule has 2 amide bonds. The van der Waals surface area contributed by atoms with Crippen molar-refractivity contribution in [1.82, 2.24) is 20.1 Å². The van der Waals surface area contributed by atoms with Gasteiger partial charge in [-0.15, -0.1) is 0 Å². The van der Waals surface area contributed by atoms with E-state index in [0.29, 0.717) is 40.3 Å². The maximum atomic E-state index is 12.7. The van der Waals surface area contributed by atoms with Gasteiger partial charge in [-0.05, 0) is 35.1 Å². The number of benzene rings is 2. The zero-order valence-corrected chi connectivity index (χ0v) is 25.0. The third-order valence-electron chi connectivity index (χ3n) is 7.22. The van der Waals surface area contributed by atoms with Gasteiger partial charge in [-0.1, -0.05) is 63.7 Å². The minimum Gasteiger partial charge on any atom is -0.465 e. The number of fused-ring (bicyclic) bond motifs is 1. The molecule has 0 aliphatic carbocycles. The molecular weight excluding hydrogens is 526 g/mol. The van der Waals surface area contributed by atoms with E-state index in [-0.39, 0.29) is 6.03 Å². The topological polar surface area (TPSA) is 99.9 Å². The minimum atomic E-state index is -0.427. The third-order valence-corrected chi connectivity index (χ3v) is 8.03. The van der Waals surface area contributed by atoms with E-state index < -0.39 is 5.97 Å². The first-order valence-electron chi connectivity index (χ1n) is 14.0. The minimum absolute atomic E-state index is 0.149. The Kier molecular flexibility index (Phi) is 10.5. The number of hydrogen-bond acceptors (Lipinski definition) is 8. The molecular formula is C30H41N5O4S. The summed E-state index contributed by atoms with van der Waals surface area (Å²) in [6, 6.07) is 11.4. The van der Waals surface area contributed by atoms with E-state index in [9.17, 15) is 9.59 Å². The Hall–Kier alpha value is -3.08. The molecule has 0 radical (unpaired) electrons. The average Bonchev–Trinajstić information content (AvgIpc) is 3.36. The smallest absolute Gasteiger partial charge is 0.341 e. The van der Waals surface area contributed by atoms with Gasteiger partial charge in [-0.2, -0.15) is 0 Å². The van der Waals surface area contributed by atoms with Crippen molar-refractivity contribution in [2.24, 2.45) is 0 Å². The lowest BCUT2D eigenvalue weighted by molar-refractivity contribution is 0.0601. The lowest BCUT2D eigenvalue weighted by Gasteiger charge is -2.34. The summed E-state index contributed by atoms with van der Waals surface area (Å²) in [6.07, 6.45) is 0. The maximum absolute atomic E-state index is 12.7. The normalized spacial score (nSPS) is 14.7. The molecule has 3 aromatic rings. The summed E-state index contributed by atoms with van der Waals surface area (Å²) in [7, 11) is 1.36. The highest BCUT2D eigenvalue weighted by Gasteiger charge is 2.20. The molecule has 1 aromatic heterocycles. The quantitative estimate of drug-likeness (QED) is 0.235. The number of aromatic nitrogens is 1. The van der Waals surface area contributed by atoms with Crippen LogP contribution >= 0.6 is 11.8 Å². The summed E-state index contributed by atoms with van der Waals surface area (Å²) in [4.78, 5) is 34.0. The Morgan fingerprint density at radius 2 is 1.60 bits per heavy atom. The number of oxazole rings is 1. The molecule has 1 aliphatic heterocycles. The number of amides is 2. The Labute approximate surface area is 241 Å². The van der Waals surface area contributed by atoms with E-state index in [1.165, 1.54) is 7.11 Å². The van der Waals surface area contributed by atoms with Crippen molar-refractivity contribution in [3.05, 3.63) is 53.1 Å². The van der Waals surface area contributed by atoms with E-state index in [1.807, 2.05) is 6.07 Å². The van der Waals surface area contributed by atoms with Gasteiger partial charge in [0.25, 0.3) is 5.22 Å². The van der Waals surface area contributed by atoms with Gasteiger partial charge >= 0.3 is 12.0 Å². The van der Waals surface area contributed by atoms with Crippen molar-refractivity contribution in [3.63, 3.8) is 0 Å². The number of nitrogens with one attached hydrogen (secondary N) is 2. The number of piperazine rings is 1. The molecule has 0 atom stereocenters. The Morgan fingerprint density at radius 1 is 0.975 bits per heavy atom. The van der Waals surface area contributed by atoms with Crippen molar-refractivity contribution >= 4 is 40.5 Å². The zero-order valence-electron chi connectivity index (χ0n) is 24.2. The lowest BCUT2D eigenvalue weighted by atomic mass is 9.93. The number of ether oxygens (including phenoxy) is 1. The molecule has 1 fully saturated rings. The van der Waals surface area contributed by atoms with Crippen molar-refractivity contribution in [1.29, 1.82) is 0 Å². The van der Waals surface area contributed by atoms with Crippen LogP contribution in [-0.2, 0) is 4.74 Å². The van der Waals surface area contributed by atoms with Crippen LogP contribution in [0.25, 0.3) is 11.1 Å². The highest BCUT2D eigenvalue weighted by Crippen LogP contribution is 2.32. The van der Waals surface area contributed by atoms with Crippen LogP contribution in [0, 0.1) is 0 Å². The molecule has 10 heteroatoms. The fourth-order valence-electron chi connectivity index (χ4n) is 4.94. The number of carbonyl (C=O) groups is 2. The second-order valence-corrected chi connectivity index (χ2v) is 11.7. The van der Waals surface area contributed by atoms with Crippen molar-refractivity contribution in [2.75, 3.05) is 64.0 Å². The van der Waals surface area contributed by atoms with Crippen LogP contribution in [0.1, 0.15) is 61.0 Å². The van der Waals surface area contributed by atoms with Gasteiger partial charge in [-0.25, -0.2) is 14.6 Å². The van der Waals surface area contributed by atoms with E-state index in [2.05, 4.69) is 71.3 Å². The lowest BCUT2D eigenvalue weighted by Crippen LogP contribution is -2.49. The molecule has 2 aromatic carbocycles. The van der Waals surface area contributed by atoms with Gasteiger partial charge in [-0.3, -0.25) is 9.80 Å². The molecule has 9 nitrogen and oxygen atoms in total. The molecule has 2 heterocycles. The van der Waals surface area contributed by atoms with Gasteiger partial charge in [0.1, 0.15) is 11.1 Å². The van der Waals surface area contributed by atoms with E-state index >= 15 is 0 Å². The predicted molar refractivity (Wildman–Crippen MR) is 161 cm³/mol. The summed E-state index contributed by atoms with van der Waals surface area (Å²) >= 11 is 1.55. The Balaban J connectivity index is 1.17. The molecule has 40 heavy (non-hydrogen) atoms. The van der Waals surface area contributed by atoms with Crippen LogP contribution in [0.4, 0.5) is 10.5 Å². The number of carbonyl (C=O) groups excluding carboxylic acids is 2. The third kappa shape index (κ3) is 7.56. The number of para-hydroxylation sites is 2. The number of thioether (sulfide) groups is 1. The summed E-state index contributed by atoms with van der Waals surface area (Å²) in [6.45, 7) is 14.8. The maximum Gasteiger partial charge on any atom is 0.341 e. The fourth-order valence-corrected chi connectivity index (χ4v) is 5.77. The van der Waals surface area contributed by atoms with Crippen LogP contribution < -0.4 is 10.6 Å².